The number of carbonyl (C=O) groups is 1. The Labute approximate surface area is 176 Å². The first-order valence-electron chi connectivity index (χ1n) is 9.94. The molecule has 4 aromatic carbocycles. The number of carboxylic acids is 1. The van der Waals surface area contributed by atoms with E-state index in [1.807, 2.05) is 121 Å². The van der Waals surface area contributed by atoms with Crippen molar-refractivity contribution in [2.24, 2.45) is 0 Å². The molecule has 0 aliphatic carbocycles. The zero-order valence-corrected chi connectivity index (χ0v) is 16.5. The Hall–Kier alpha value is -3.69. The molecule has 0 radical (unpaired) electrons. The molecule has 0 spiro atoms. The van der Waals surface area contributed by atoms with Crippen LogP contribution in [-0.4, -0.2) is 11.1 Å². The molecule has 0 bridgehead atoms. The summed E-state index contributed by atoms with van der Waals surface area (Å²) in [6.45, 7) is 0. The Kier molecular flexibility index (Phi) is 5.73. The maximum atomic E-state index is 12.4. The maximum absolute atomic E-state index is 12.4. The van der Waals surface area contributed by atoms with Gasteiger partial charge in [-0.2, -0.15) is 0 Å². The van der Waals surface area contributed by atoms with Crippen molar-refractivity contribution in [2.75, 3.05) is 0 Å². The SMILES string of the molecule is O=C(O)C(NC(c1ccccc1)(c1ccccc1)c1ccccc1)c1ccccc1. The second kappa shape index (κ2) is 8.76. The molecule has 0 aliphatic rings. The predicted molar refractivity (Wildman–Crippen MR) is 119 cm³/mol. The summed E-state index contributed by atoms with van der Waals surface area (Å²) in [6, 6.07) is 38.4. The van der Waals surface area contributed by atoms with Gasteiger partial charge in [-0.05, 0) is 22.3 Å². The molecule has 0 amide bonds. The number of rotatable bonds is 7. The molecule has 3 heteroatoms. The van der Waals surface area contributed by atoms with E-state index in [1.165, 1.54) is 0 Å². The van der Waals surface area contributed by atoms with Gasteiger partial charge in [0.2, 0.25) is 0 Å². The second-order valence-electron chi connectivity index (χ2n) is 7.17. The minimum atomic E-state index is -0.923. The lowest BCUT2D eigenvalue weighted by atomic mass is 9.76. The van der Waals surface area contributed by atoms with Crippen LogP contribution in [0.3, 0.4) is 0 Å². The molecular weight excluding hydrogens is 370 g/mol. The summed E-state index contributed by atoms with van der Waals surface area (Å²) in [5, 5.41) is 13.7. The van der Waals surface area contributed by atoms with Crippen LogP contribution >= 0.6 is 0 Å². The summed E-state index contributed by atoms with van der Waals surface area (Å²) in [6.07, 6.45) is 0. The fourth-order valence-electron chi connectivity index (χ4n) is 3.96. The third kappa shape index (κ3) is 3.76. The van der Waals surface area contributed by atoms with Crippen LogP contribution in [0.4, 0.5) is 0 Å². The Morgan fingerprint density at radius 1 is 0.600 bits per heavy atom. The molecule has 4 aromatic rings. The average Bonchev–Trinajstić information content (AvgIpc) is 2.82. The van der Waals surface area contributed by atoms with Crippen LogP contribution in [0, 0.1) is 0 Å². The van der Waals surface area contributed by atoms with E-state index in [0.29, 0.717) is 5.56 Å². The molecule has 0 heterocycles. The molecule has 0 aliphatic heterocycles. The van der Waals surface area contributed by atoms with Gasteiger partial charge in [0.05, 0.1) is 5.54 Å². The Morgan fingerprint density at radius 3 is 1.27 bits per heavy atom. The van der Waals surface area contributed by atoms with E-state index in [0.717, 1.165) is 16.7 Å². The van der Waals surface area contributed by atoms with E-state index in [4.69, 9.17) is 0 Å². The first-order valence-corrected chi connectivity index (χ1v) is 9.94. The third-order valence-corrected chi connectivity index (χ3v) is 5.36. The number of hydrogen-bond donors (Lipinski definition) is 2. The molecule has 0 aromatic heterocycles. The Balaban J connectivity index is 1.98. The van der Waals surface area contributed by atoms with Crippen LogP contribution in [0.2, 0.25) is 0 Å². The quantitative estimate of drug-likeness (QED) is 0.414. The van der Waals surface area contributed by atoms with Crippen LogP contribution in [-0.2, 0) is 10.3 Å². The van der Waals surface area contributed by atoms with E-state index >= 15 is 0 Å². The van der Waals surface area contributed by atoms with Crippen molar-refractivity contribution in [3.05, 3.63) is 144 Å². The molecule has 0 saturated carbocycles. The normalized spacial score (nSPS) is 12.3. The minimum absolute atomic E-state index is 0.706. The van der Waals surface area contributed by atoms with E-state index in [9.17, 15) is 9.90 Å². The van der Waals surface area contributed by atoms with Gasteiger partial charge in [0.25, 0.3) is 0 Å². The summed E-state index contributed by atoms with van der Waals surface area (Å²) in [5.74, 6) is -0.923. The molecule has 1 unspecified atom stereocenters. The van der Waals surface area contributed by atoms with Crippen molar-refractivity contribution in [1.29, 1.82) is 0 Å². The topological polar surface area (TPSA) is 49.3 Å². The molecule has 148 valence electrons. The van der Waals surface area contributed by atoms with Gasteiger partial charge in [-0.15, -0.1) is 0 Å². The largest absolute Gasteiger partial charge is 0.480 e. The maximum Gasteiger partial charge on any atom is 0.325 e. The highest BCUT2D eigenvalue weighted by atomic mass is 16.4. The van der Waals surface area contributed by atoms with Gasteiger partial charge in [-0.3, -0.25) is 10.1 Å². The highest BCUT2D eigenvalue weighted by Crippen LogP contribution is 2.39. The van der Waals surface area contributed by atoms with Crippen molar-refractivity contribution in [1.82, 2.24) is 5.32 Å². The third-order valence-electron chi connectivity index (χ3n) is 5.36. The Morgan fingerprint density at radius 2 is 0.933 bits per heavy atom. The lowest BCUT2D eigenvalue weighted by Gasteiger charge is -2.39. The van der Waals surface area contributed by atoms with Crippen LogP contribution in [0.1, 0.15) is 28.3 Å². The van der Waals surface area contributed by atoms with E-state index in [-0.39, 0.29) is 0 Å². The first-order chi connectivity index (χ1) is 14.7. The summed E-state index contributed by atoms with van der Waals surface area (Å²) < 4.78 is 0. The van der Waals surface area contributed by atoms with Gasteiger partial charge in [-0.1, -0.05) is 121 Å². The highest BCUT2D eigenvalue weighted by Gasteiger charge is 2.40. The van der Waals surface area contributed by atoms with Gasteiger partial charge in [0, 0.05) is 0 Å². The van der Waals surface area contributed by atoms with Gasteiger partial charge >= 0.3 is 5.97 Å². The smallest absolute Gasteiger partial charge is 0.325 e. The summed E-state index contributed by atoms with van der Waals surface area (Å²) in [7, 11) is 0. The average molecular weight is 393 g/mol. The number of aliphatic carboxylic acids is 1. The number of hydrogen-bond acceptors (Lipinski definition) is 2. The van der Waals surface area contributed by atoms with Crippen LogP contribution in [0.25, 0.3) is 0 Å². The number of benzene rings is 4. The molecule has 1 atom stereocenters. The van der Waals surface area contributed by atoms with E-state index in [2.05, 4.69) is 5.32 Å². The molecule has 0 saturated heterocycles. The van der Waals surface area contributed by atoms with Gasteiger partial charge in [0.15, 0.2) is 0 Å². The molecule has 2 N–H and O–H groups in total. The summed E-state index contributed by atoms with van der Waals surface area (Å²) in [4.78, 5) is 12.4. The fraction of sp³-hybridized carbons (Fsp3) is 0.0741. The van der Waals surface area contributed by atoms with Crippen molar-refractivity contribution in [3.63, 3.8) is 0 Å². The van der Waals surface area contributed by atoms with Crippen LogP contribution < -0.4 is 5.32 Å². The van der Waals surface area contributed by atoms with Crippen molar-refractivity contribution in [2.45, 2.75) is 11.6 Å². The lowest BCUT2D eigenvalue weighted by molar-refractivity contribution is -0.140. The van der Waals surface area contributed by atoms with Crippen molar-refractivity contribution in [3.8, 4) is 0 Å². The van der Waals surface area contributed by atoms with Gasteiger partial charge < -0.3 is 5.11 Å². The highest BCUT2D eigenvalue weighted by molar-refractivity contribution is 5.76. The first kappa shape index (κ1) is 19.6. The van der Waals surface area contributed by atoms with E-state index < -0.39 is 17.6 Å². The molecule has 4 rings (SSSR count). The predicted octanol–water partition coefficient (Wildman–Crippen LogP) is 5.39. The van der Waals surface area contributed by atoms with Gasteiger partial charge in [-0.25, -0.2) is 0 Å². The van der Waals surface area contributed by atoms with E-state index in [1.54, 1.807) is 0 Å². The Bertz CT molecular complexity index is 984. The lowest BCUT2D eigenvalue weighted by Crippen LogP contribution is -2.48. The molecular formula is C27H23NO2. The molecule has 30 heavy (non-hydrogen) atoms. The minimum Gasteiger partial charge on any atom is -0.480 e. The zero-order chi connectivity index (χ0) is 20.8. The van der Waals surface area contributed by atoms with Crippen molar-refractivity contribution < 1.29 is 9.90 Å². The molecule has 3 nitrogen and oxygen atoms in total. The van der Waals surface area contributed by atoms with Crippen molar-refractivity contribution >= 4 is 5.97 Å². The fourth-order valence-corrected chi connectivity index (χ4v) is 3.96. The van der Waals surface area contributed by atoms with Crippen LogP contribution in [0.5, 0.6) is 0 Å². The van der Waals surface area contributed by atoms with Crippen LogP contribution in [0.15, 0.2) is 121 Å². The van der Waals surface area contributed by atoms with Gasteiger partial charge in [0.1, 0.15) is 6.04 Å². The summed E-state index contributed by atoms with van der Waals surface area (Å²) in [5.41, 5.74) is 2.79. The summed E-state index contributed by atoms with van der Waals surface area (Å²) >= 11 is 0. The number of carboxylic acid groups (broad SMARTS) is 1. The standard InChI is InChI=1S/C27H23NO2/c29-26(30)25(21-13-5-1-6-14-21)28-27(22-15-7-2-8-16-22,23-17-9-3-10-18-23)24-19-11-4-12-20-24/h1-20,25,28H,(H,29,30). The zero-order valence-electron chi connectivity index (χ0n) is 16.5. The molecule has 0 fully saturated rings. The monoisotopic (exact) mass is 393 g/mol. The number of nitrogens with one attached hydrogen (secondary N) is 1. The second-order valence-corrected chi connectivity index (χ2v) is 7.17.